The van der Waals surface area contributed by atoms with Crippen molar-refractivity contribution in [3.8, 4) is 6.07 Å². The number of allylic oxidation sites excluding steroid dienone is 1. The highest BCUT2D eigenvalue weighted by Crippen LogP contribution is 2.24. The standard InChI is InChI=1S/C21H23N3O/c1-14(2)16-7-6-8-18(11-16)21(4,5)24-20(25)23-19-10-9-15(3)17(12-19)13-22/h6-12H,1H2,2-5H3,(H2,23,24,25). The summed E-state index contributed by atoms with van der Waals surface area (Å²) in [7, 11) is 0. The molecule has 0 aliphatic heterocycles. The van der Waals surface area contributed by atoms with Crippen molar-refractivity contribution in [2.45, 2.75) is 33.2 Å². The van der Waals surface area contributed by atoms with E-state index < -0.39 is 5.54 Å². The molecule has 2 amide bonds. The number of nitriles is 1. The minimum absolute atomic E-state index is 0.321. The van der Waals surface area contributed by atoms with Gasteiger partial charge in [-0.25, -0.2) is 4.79 Å². The number of rotatable bonds is 4. The maximum Gasteiger partial charge on any atom is 0.319 e. The summed E-state index contributed by atoms with van der Waals surface area (Å²) in [6, 6.07) is 15.0. The Bertz CT molecular complexity index is 860. The number of nitrogens with one attached hydrogen (secondary N) is 2. The molecular formula is C21H23N3O. The fourth-order valence-electron chi connectivity index (χ4n) is 2.51. The van der Waals surface area contributed by atoms with Crippen LogP contribution in [0.3, 0.4) is 0 Å². The van der Waals surface area contributed by atoms with Crippen molar-refractivity contribution in [3.05, 3.63) is 71.3 Å². The van der Waals surface area contributed by atoms with Crippen LogP contribution < -0.4 is 10.6 Å². The first kappa shape index (κ1) is 18.3. The number of anilines is 1. The average molecular weight is 333 g/mol. The molecule has 0 unspecified atom stereocenters. The Morgan fingerprint density at radius 2 is 1.92 bits per heavy atom. The highest BCUT2D eigenvalue weighted by molar-refractivity contribution is 5.90. The lowest BCUT2D eigenvalue weighted by Gasteiger charge is -2.27. The molecule has 128 valence electrons. The lowest BCUT2D eigenvalue weighted by atomic mass is 9.92. The molecule has 0 aliphatic carbocycles. The van der Waals surface area contributed by atoms with Gasteiger partial charge in [-0.2, -0.15) is 5.26 Å². The summed E-state index contributed by atoms with van der Waals surface area (Å²) in [5, 5.41) is 14.9. The number of aryl methyl sites for hydroxylation is 1. The number of benzene rings is 2. The highest BCUT2D eigenvalue weighted by Gasteiger charge is 2.23. The van der Waals surface area contributed by atoms with E-state index in [0.29, 0.717) is 11.3 Å². The van der Waals surface area contributed by atoms with Crippen LogP contribution >= 0.6 is 0 Å². The monoisotopic (exact) mass is 333 g/mol. The van der Waals surface area contributed by atoms with Gasteiger partial charge in [-0.15, -0.1) is 0 Å². The van der Waals surface area contributed by atoms with Gasteiger partial charge in [-0.1, -0.05) is 36.4 Å². The summed E-state index contributed by atoms with van der Waals surface area (Å²) in [6.45, 7) is 11.7. The van der Waals surface area contributed by atoms with Crippen molar-refractivity contribution in [1.82, 2.24) is 5.32 Å². The molecular weight excluding hydrogens is 310 g/mol. The van der Waals surface area contributed by atoms with Crippen LogP contribution in [0.25, 0.3) is 5.57 Å². The predicted molar refractivity (Wildman–Crippen MR) is 102 cm³/mol. The molecule has 4 nitrogen and oxygen atoms in total. The van der Waals surface area contributed by atoms with Crippen LogP contribution in [0.15, 0.2) is 49.0 Å². The van der Waals surface area contributed by atoms with E-state index in [1.807, 2.05) is 58.0 Å². The normalized spacial score (nSPS) is 10.7. The molecule has 0 saturated carbocycles. The lowest BCUT2D eigenvalue weighted by molar-refractivity contribution is 0.242. The first-order chi connectivity index (χ1) is 11.7. The van der Waals surface area contributed by atoms with Gasteiger partial charge in [0.05, 0.1) is 17.2 Å². The number of carbonyl (C=O) groups is 1. The van der Waals surface area contributed by atoms with Gasteiger partial charge in [0.1, 0.15) is 0 Å². The van der Waals surface area contributed by atoms with Gasteiger partial charge < -0.3 is 10.6 Å². The number of nitrogens with zero attached hydrogens (tertiary/aromatic N) is 1. The molecule has 0 radical (unpaired) electrons. The Hall–Kier alpha value is -3.06. The Morgan fingerprint density at radius 1 is 1.20 bits per heavy atom. The van der Waals surface area contributed by atoms with Gasteiger partial charge in [0.2, 0.25) is 0 Å². The SMILES string of the molecule is C=C(C)c1cccc(C(C)(C)NC(=O)Nc2ccc(C)c(C#N)c2)c1. The predicted octanol–water partition coefficient (Wildman–Crippen LogP) is 4.96. The molecule has 0 fully saturated rings. The van der Waals surface area contributed by atoms with E-state index in [1.54, 1.807) is 12.1 Å². The van der Waals surface area contributed by atoms with Gasteiger partial charge in [-0.3, -0.25) is 0 Å². The summed E-state index contributed by atoms with van der Waals surface area (Å²) in [6.07, 6.45) is 0. The lowest BCUT2D eigenvalue weighted by Crippen LogP contribution is -2.43. The number of hydrogen-bond donors (Lipinski definition) is 2. The van der Waals surface area contributed by atoms with Gasteiger partial charge >= 0.3 is 6.03 Å². The topological polar surface area (TPSA) is 64.9 Å². The number of hydrogen-bond acceptors (Lipinski definition) is 2. The van der Waals surface area contributed by atoms with Crippen molar-refractivity contribution in [2.75, 3.05) is 5.32 Å². The first-order valence-electron chi connectivity index (χ1n) is 8.09. The molecule has 0 atom stereocenters. The smallest absolute Gasteiger partial charge is 0.319 e. The van der Waals surface area contributed by atoms with Gasteiger partial charge in [0.25, 0.3) is 0 Å². The fraction of sp³-hybridized carbons (Fsp3) is 0.238. The Kier molecular flexibility index (Phi) is 5.29. The molecule has 2 aromatic rings. The zero-order valence-corrected chi connectivity index (χ0v) is 15.1. The third kappa shape index (κ3) is 4.48. The molecule has 2 rings (SSSR count). The highest BCUT2D eigenvalue weighted by atomic mass is 16.2. The number of amides is 2. The molecule has 0 heterocycles. The van der Waals surface area contributed by atoms with Crippen LogP contribution in [0.1, 0.15) is 43.0 Å². The van der Waals surface area contributed by atoms with Crippen molar-refractivity contribution in [2.24, 2.45) is 0 Å². The summed E-state index contributed by atoms with van der Waals surface area (Å²) in [5.74, 6) is 0. The second-order valence-electron chi connectivity index (χ2n) is 6.71. The van der Waals surface area contributed by atoms with Crippen molar-refractivity contribution in [3.63, 3.8) is 0 Å². The molecule has 25 heavy (non-hydrogen) atoms. The van der Waals surface area contributed by atoms with Crippen molar-refractivity contribution >= 4 is 17.3 Å². The minimum atomic E-state index is -0.557. The second kappa shape index (κ2) is 7.23. The van der Waals surface area contributed by atoms with Gasteiger partial charge in [0, 0.05) is 5.69 Å². The molecule has 4 heteroatoms. The summed E-state index contributed by atoms with van der Waals surface area (Å²) in [4.78, 5) is 12.4. The van der Waals surface area contributed by atoms with Crippen LogP contribution in [0.2, 0.25) is 0 Å². The van der Waals surface area contributed by atoms with E-state index >= 15 is 0 Å². The molecule has 2 aromatic carbocycles. The summed E-state index contributed by atoms with van der Waals surface area (Å²) >= 11 is 0. The van der Waals surface area contributed by atoms with E-state index in [4.69, 9.17) is 5.26 Å². The van der Waals surface area contributed by atoms with Crippen LogP contribution in [0.4, 0.5) is 10.5 Å². The van der Waals surface area contributed by atoms with E-state index in [1.165, 1.54) is 0 Å². The summed E-state index contributed by atoms with van der Waals surface area (Å²) in [5.41, 5.74) is 4.47. The number of carbonyl (C=O) groups excluding carboxylic acids is 1. The molecule has 0 saturated heterocycles. The van der Waals surface area contributed by atoms with Crippen LogP contribution in [-0.4, -0.2) is 6.03 Å². The zero-order chi connectivity index (χ0) is 18.6. The molecule has 0 aliphatic rings. The molecule has 0 aromatic heterocycles. The molecule has 0 bridgehead atoms. The average Bonchev–Trinajstić information content (AvgIpc) is 2.56. The van der Waals surface area contributed by atoms with E-state index in [9.17, 15) is 4.79 Å². The van der Waals surface area contributed by atoms with Crippen LogP contribution in [0, 0.1) is 18.3 Å². The maximum absolute atomic E-state index is 12.4. The van der Waals surface area contributed by atoms with E-state index in [-0.39, 0.29) is 6.03 Å². The van der Waals surface area contributed by atoms with Gasteiger partial charge in [0.15, 0.2) is 0 Å². The Balaban J connectivity index is 2.15. The minimum Gasteiger partial charge on any atom is -0.329 e. The fourth-order valence-corrected chi connectivity index (χ4v) is 2.51. The van der Waals surface area contributed by atoms with Gasteiger partial charge in [-0.05, 0) is 62.6 Å². The third-order valence-electron chi connectivity index (χ3n) is 4.12. The maximum atomic E-state index is 12.4. The molecule has 0 spiro atoms. The van der Waals surface area contributed by atoms with Crippen molar-refractivity contribution < 1.29 is 4.79 Å². The van der Waals surface area contributed by atoms with E-state index in [0.717, 1.165) is 22.3 Å². The third-order valence-corrected chi connectivity index (χ3v) is 4.12. The van der Waals surface area contributed by atoms with Crippen molar-refractivity contribution in [1.29, 1.82) is 5.26 Å². The largest absolute Gasteiger partial charge is 0.329 e. The van der Waals surface area contributed by atoms with Crippen LogP contribution in [-0.2, 0) is 5.54 Å². The zero-order valence-electron chi connectivity index (χ0n) is 15.1. The quantitative estimate of drug-likeness (QED) is 0.831. The Morgan fingerprint density at radius 3 is 2.56 bits per heavy atom. The second-order valence-corrected chi connectivity index (χ2v) is 6.71. The summed E-state index contributed by atoms with van der Waals surface area (Å²) < 4.78 is 0. The van der Waals surface area contributed by atoms with Crippen LogP contribution in [0.5, 0.6) is 0 Å². The molecule has 2 N–H and O–H groups in total. The first-order valence-corrected chi connectivity index (χ1v) is 8.09. The number of urea groups is 1. The van der Waals surface area contributed by atoms with E-state index in [2.05, 4.69) is 23.3 Å². The Labute approximate surface area is 149 Å².